The van der Waals surface area contributed by atoms with Crippen LogP contribution in [0.3, 0.4) is 0 Å². The molecule has 23 heavy (non-hydrogen) atoms. The van der Waals surface area contributed by atoms with Gasteiger partial charge < -0.3 is 4.55 Å². The number of nitrogens with zero attached hydrogens (tertiary/aromatic N) is 1. The zero-order valence-corrected chi connectivity index (χ0v) is 13.0. The summed E-state index contributed by atoms with van der Waals surface area (Å²) in [6.45, 7) is 0. The number of halogens is 1. The smallest absolute Gasteiger partial charge is 0.157 e. The van der Waals surface area contributed by atoms with E-state index in [0.29, 0.717) is 0 Å². The van der Waals surface area contributed by atoms with Gasteiger partial charge in [-0.1, -0.05) is 30.3 Å². The van der Waals surface area contributed by atoms with E-state index in [1.807, 2.05) is 36.4 Å². The Bertz CT molecular complexity index is 815. The van der Waals surface area contributed by atoms with E-state index in [1.54, 1.807) is 18.3 Å². The van der Waals surface area contributed by atoms with Gasteiger partial charge in [0.25, 0.3) is 0 Å². The van der Waals surface area contributed by atoms with Gasteiger partial charge in [0.15, 0.2) is 11.1 Å². The molecule has 0 saturated heterocycles. The summed E-state index contributed by atoms with van der Waals surface area (Å²) in [4.78, 5) is 4.41. The lowest BCUT2D eigenvalue weighted by molar-refractivity contribution is 0.563. The molecular weight excluding hydrogens is 313 g/mol. The zero-order chi connectivity index (χ0) is 16.2. The highest BCUT2D eigenvalue weighted by Gasteiger charge is 2.03. The van der Waals surface area contributed by atoms with Crippen molar-refractivity contribution in [1.82, 2.24) is 4.98 Å². The number of aromatic nitrogens is 1. The van der Waals surface area contributed by atoms with Crippen molar-refractivity contribution < 1.29 is 13.2 Å². The van der Waals surface area contributed by atoms with Crippen LogP contribution in [0.1, 0.15) is 5.56 Å². The average Bonchev–Trinajstić information content (AvgIpc) is 2.56. The standard InChI is InChI=1S/C18H14FNO2S/c19-17-8-5-15(6-9-17)18-10-7-16(11-20-18)14-3-1-13(2-4-14)12-23(21)22/h1-11H,12H2,(H,21,22). The molecule has 0 radical (unpaired) electrons. The zero-order valence-electron chi connectivity index (χ0n) is 12.1. The molecule has 0 saturated carbocycles. The Hall–Kier alpha value is -2.37. The van der Waals surface area contributed by atoms with Gasteiger partial charge in [-0.15, -0.1) is 0 Å². The molecule has 1 N–H and O–H groups in total. The van der Waals surface area contributed by atoms with E-state index in [0.717, 1.165) is 27.9 Å². The maximum Gasteiger partial charge on any atom is 0.157 e. The third-order valence-electron chi connectivity index (χ3n) is 3.48. The van der Waals surface area contributed by atoms with Crippen LogP contribution in [-0.2, 0) is 16.8 Å². The van der Waals surface area contributed by atoms with Gasteiger partial charge in [0, 0.05) is 17.3 Å². The first kappa shape index (κ1) is 15.5. The third-order valence-corrected chi connectivity index (χ3v) is 4.06. The first-order valence-electron chi connectivity index (χ1n) is 7.00. The van der Waals surface area contributed by atoms with Gasteiger partial charge in [-0.05, 0) is 41.5 Å². The molecule has 3 nitrogen and oxygen atoms in total. The van der Waals surface area contributed by atoms with Gasteiger partial charge in [-0.25, -0.2) is 8.60 Å². The topological polar surface area (TPSA) is 50.2 Å². The van der Waals surface area contributed by atoms with Crippen molar-refractivity contribution in [3.63, 3.8) is 0 Å². The van der Waals surface area contributed by atoms with E-state index in [1.165, 1.54) is 12.1 Å². The molecule has 1 unspecified atom stereocenters. The molecular formula is C18H14FNO2S. The highest BCUT2D eigenvalue weighted by molar-refractivity contribution is 7.78. The van der Waals surface area contributed by atoms with Crippen LogP contribution in [-0.4, -0.2) is 13.7 Å². The molecule has 3 rings (SSSR count). The molecule has 0 aliphatic carbocycles. The van der Waals surface area contributed by atoms with Crippen molar-refractivity contribution in [3.8, 4) is 22.4 Å². The van der Waals surface area contributed by atoms with Crippen molar-refractivity contribution in [2.24, 2.45) is 0 Å². The van der Waals surface area contributed by atoms with E-state index >= 15 is 0 Å². The minimum atomic E-state index is -1.83. The molecule has 0 bridgehead atoms. The molecule has 0 aliphatic rings. The molecule has 1 atom stereocenters. The van der Waals surface area contributed by atoms with Gasteiger partial charge in [0.1, 0.15) is 5.82 Å². The molecule has 0 amide bonds. The van der Waals surface area contributed by atoms with Crippen LogP contribution in [0.15, 0.2) is 66.9 Å². The Kier molecular flexibility index (Phi) is 4.60. The van der Waals surface area contributed by atoms with E-state index in [4.69, 9.17) is 4.55 Å². The van der Waals surface area contributed by atoms with Crippen LogP contribution < -0.4 is 0 Å². The second kappa shape index (κ2) is 6.81. The van der Waals surface area contributed by atoms with Crippen molar-refractivity contribution in [3.05, 3.63) is 78.2 Å². The lowest BCUT2D eigenvalue weighted by atomic mass is 10.0. The third kappa shape index (κ3) is 3.88. The summed E-state index contributed by atoms with van der Waals surface area (Å²) >= 11 is -1.83. The normalized spacial score (nSPS) is 12.1. The SMILES string of the molecule is O=S(O)Cc1ccc(-c2ccc(-c3ccc(F)cc3)nc2)cc1. The lowest BCUT2D eigenvalue weighted by Gasteiger charge is -2.05. The Morgan fingerprint density at radius 2 is 1.48 bits per heavy atom. The fourth-order valence-corrected chi connectivity index (χ4v) is 2.77. The Labute approximate surface area is 136 Å². The van der Waals surface area contributed by atoms with Crippen LogP contribution in [0.4, 0.5) is 4.39 Å². The van der Waals surface area contributed by atoms with Crippen LogP contribution in [0, 0.1) is 5.82 Å². The highest BCUT2D eigenvalue weighted by Crippen LogP contribution is 2.23. The summed E-state index contributed by atoms with van der Waals surface area (Å²) in [5.41, 5.74) is 4.38. The predicted octanol–water partition coefficient (Wildman–Crippen LogP) is 4.28. The molecule has 1 heterocycles. The summed E-state index contributed by atoms with van der Waals surface area (Å²) in [5.74, 6) is -0.142. The van der Waals surface area contributed by atoms with Crippen LogP contribution in [0.25, 0.3) is 22.4 Å². The lowest BCUT2D eigenvalue weighted by Crippen LogP contribution is -1.92. The van der Waals surface area contributed by atoms with Crippen LogP contribution >= 0.6 is 0 Å². The first-order chi connectivity index (χ1) is 11.1. The predicted molar refractivity (Wildman–Crippen MR) is 89.5 cm³/mol. The van der Waals surface area contributed by atoms with Gasteiger partial charge in [-0.3, -0.25) is 4.98 Å². The molecule has 3 aromatic rings. The largest absolute Gasteiger partial charge is 0.306 e. The monoisotopic (exact) mass is 327 g/mol. The fraction of sp³-hybridized carbons (Fsp3) is 0.0556. The summed E-state index contributed by atoms with van der Waals surface area (Å²) in [6, 6.07) is 17.5. The summed E-state index contributed by atoms with van der Waals surface area (Å²) in [6.07, 6.45) is 1.76. The molecule has 5 heteroatoms. The van der Waals surface area contributed by atoms with Gasteiger partial charge >= 0.3 is 0 Å². The maximum atomic E-state index is 12.9. The molecule has 0 fully saturated rings. The highest BCUT2D eigenvalue weighted by atomic mass is 32.2. The quantitative estimate of drug-likeness (QED) is 0.728. The number of rotatable bonds is 4. The maximum absolute atomic E-state index is 12.9. The summed E-state index contributed by atoms with van der Waals surface area (Å²) < 4.78 is 32.6. The van der Waals surface area contributed by atoms with Gasteiger partial charge in [0.2, 0.25) is 0 Å². The number of hydrogen-bond acceptors (Lipinski definition) is 2. The van der Waals surface area contributed by atoms with E-state index in [-0.39, 0.29) is 11.6 Å². The molecule has 2 aromatic carbocycles. The van der Waals surface area contributed by atoms with Gasteiger partial charge in [-0.2, -0.15) is 0 Å². The first-order valence-corrected chi connectivity index (χ1v) is 8.28. The second-order valence-corrected chi connectivity index (χ2v) is 6.03. The Morgan fingerprint density at radius 3 is 2.04 bits per heavy atom. The van der Waals surface area contributed by atoms with Crippen molar-refractivity contribution in [2.45, 2.75) is 5.75 Å². The van der Waals surface area contributed by atoms with Crippen LogP contribution in [0.5, 0.6) is 0 Å². The minimum absolute atomic E-state index is 0.127. The Balaban J connectivity index is 1.81. The molecule has 1 aromatic heterocycles. The van der Waals surface area contributed by atoms with Gasteiger partial charge in [0.05, 0.1) is 11.4 Å². The van der Waals surface area contributed by atoms with Crippen molar-refractivity contribution in [1.29, 1.82) is 0 Å². The Morgan fingerprint density at radius 1 is 0.870 bits per heavy atom. The molecule has 116 valence electrons. The molecule has 0 spiro atoms. The molecule has 0 aliphatic heterocycles. The number of pyridine rings is 1. The van der Waals surface area contributed by atoms with Crippen molar-refractivity contribution in [2.75, 3.05) is 0 Å². The van der Waals surface area contributed by atoms with E-state index < -0.39 is 11.1 Å². The van der Waals surface area contributed by atoms with Crippen LogP contribution in [0.2, 0.25) is 0 Å². The summed E-state index contributed by atoms with van der Waals surface area (Å²) in [7, 11) is 0. The average molecular weight is 327 g/mol. The van der Waals surface area contributed by atoms with E-state index in [2.05, 4.69) is 4.98 Å². The number of hydrogen-bond donors (Lipinski definition) is 1. The van der Waals surface area contributed by atoms with E-state index in [9.17, 15) is 8.60 Å². The second-order valence-electron chi connectivity index (χ2n) is 5.10. The summed E-state index contributed by atoms with van der Waals surface area (Å²) in [5, 5.41) is 0. The number of benzene rings is 2. The fourth-order valence-electron chi connectivity index (χ4n) is 2.29. The van der Waals surface area contributed by atoms with Crippen molar-refractivity contribution >= 4 is 11.1 Å². The minimum Gasteiger partial charge on any atom is -0.306 e.